The van der Waals surface area contributed by atoms with Crippen molar-refractivity contribution < 1.29 is 4.74 Å². The summed E-state index contributed by atoms with van der Waals surface area (Å²) in [4.78, 5) is 8.44. The van der Waals surface area contributed by atoms with Gasteiger partial charge < -0.3 is 4.74 Å². The minimum atomic E-state index is 0.470. The number of aromatic nitrogens is 2. The molecule has 3 nitrogen and oxygen atoms in total. The Bertz CT molecular complexity index is 344. The van der Waals surface area contributed by atoms with E-state index in [4.69, 9.17) is 16.3 Å². The van der Waals surface area contributed by atoms with Crippen LogP contribution in [0.15, 0.2) is 6.07 Å². The summed E-state index contributed by atoms with van der Waals surface area (Å²) in [5.41, 5.74) is 0.890. The van der Waals surface area contributed by atoms with Crippen LogP contribution < -0.4 is 0 Å². The fraction of sp³-hybridized carbons (Fsp3) is 0.692. The monoisotopic (exact) mass is 254 g/mol. The third-order valence-corrected chi connectivity index (χ3v) is 3.37. The summed E-state index contributed by atoms with van der Waals surface area (Å²) in [6, 6.07) is 1.76. The molecule has 0 N–H and O–H groups in total. The molecule has 0 atom stereocenters. The molecule has 17 heavy (non-hydrogen) atoms. The van der Waals surface area contributed by atoms with E-state index in [2.05, 4.69) is 9.97 Å². The molecule has 4 heteroatoms. The minimum Gasteiger partial charge on any atom is -0.373 e. The molecule has 0 unspecified atom stereocenters. The second-order valence-electron chi connectivity index (χ2n) is 4.77. The summed E-state index contributed by atoms with van der Waals surface area (Å²) in [6.45, 7) is 3.21. The molecule has 2 rings (SSSR count). The lowest BCUT2D eigenvalue weighted by Crippen LogP contribution is -2.14. The number of nitrogens with zero attached hydrogens (tertiary/aromatic N) is 2. The molecule has 0 aliphatic heterocycles. The lowest BCUT2D eigenvalue weighted by molar-refractivity contribution is 0.0699. The standard InChI is InChI=1S/C13H19ClN2O/c1-10-7-12(14)16-13(15-10)9-17-8-11-5-3-2-4-6-11/h7,11H,2-6,8-9H2,1H3. The van der Waals surface area contributed by atoms with Gasteiger partial charge in [-0.3, -0.25) is 0 Å². The van der Waals surface area contributed by atoms with Crippen LogP contribution in [0.4, 0.5) is 0 Å². The van der Waals surface area contributed by atoms with Gasteiger partial charge in [-0.25, -0.2) is 9.97 Å². The Morgan fingerprint density at radius 3 is 2.76 bits per heavy atom. The van der Waals surface area contributed by atoms with Gasteiger partial charge in [-0.15, -0.1) is 0 Å². The molecule has 1 fully saturated rings. The first-order valence-corrected chi connectivity index (χ1v) is 6.69. The van der Waals surface area contributed by atoms with Crippen LogP contribution in [0.1, 0.15) is 43.6 Å². The van der Waals surface area contributed by atoms with E-state index in [9.17, 15) is 0 Å². The van der Waals surface area contributed by atoms with E-state index in [0.717, 1.165) is 18.2 Å². The Morgan fingerprint density at radius 2 is 2.06 bits per heavy atom. The number of hydrogen-bond acceptors (Lipinski definition) is 3. The van der Waals surface area contributed by atoms with Gasteiger partial charge in [-0.05, 0) is 31.7 Å². The van der Waals surface area contributed by atoms with Gasteiger partial charge in [0.15, 0.2) is 5.82 Å². The van der Waals surface area contributed by atoms with Gasteiger partial charge in [0.25, 0.3) is 0 Å². The molecule has 0 saturated heterocycles. The van der Waals surface area contributed by atoms with Crippen molar-refractivity contribution in [3.8, 4) is 0 Å². The second-order valence-corrected chi connectivity index (χ2v) is 5.15. The maximum absolute atomic E-state index is 5.87. The molecule has 0 aromatic carbocycles. The Labute approximate surface area is 108 Å². The number of rotatable bonds is 4. The molecule has 0 amide bonds. The number of ether oxygens (including phenoxy) is 1. The van der Waals surface area contributed by atoms with Crippen molar-refractivity contribution in [2.45, 2.75) is 45.6 Å². The quantitative estimate of drug-likeness (QED) is 0.771. The molecule has 1 heterocycles. The first kappa shape index (κ1) is 12.8. The zero-order valence-corrected chi connectivity index (χ0v) is 11.0. The van der Waals surface area contributed by atoms with Crippen LogP contribution in [0.5, 0.6) is 0 Å². The summed E-state index contributed by atoms with van der Waals surface area (Å²) >= 11 is 5.87. The molecule has 0 bridgehead atoms. The Balaban J connectivity index is 1.77. The molecule has 1 saturated carbocycles. The highest BCUT2D eigenvalue weighted by atomic mass is 35.5. The Hall–Kier alpha value is -0.670. The normalized spacial score (nSPS) is 17.3. The SMILES string of the molecule is Cc1cc(Cl)nc(COCC2CCCCC2)n1. The van der Waals surface area contributed by atoms with Crippen LogP contribution in [0.25, 0.3) is 0 Å². The number of hydrogen-bond donors (Lipinski definition) is 0. The smallest absolute Gasteiger partial charge is 0.155 e. The molecule has 1 aliphatic rings. The maximum Gasteiger partial charge on any atom is 0.155 e. The van der Waals surface area contributed by atoms with Crippen molar-refractivity contribution >= 4 is 11.6 Å². The Kier molecular flexibility index (Phi) is 4.75. The molecule has 0 spiro atoms. The van der Waals surface area contributed by atoms with Gasteiger partial charge in [0.05, 0.1) is 0 Å². The molecular formula is C13H19ClN2O. The van der Waals surface area contributed by atoms with E-state index in [1.165, 1.54) is 32.1 Å². The van der Waals surface area contributed by atoms with Crippen LogP contribution in [-0.2, 0) is 11.3 Å². The maximum atomic E-state index is 5.87. The first-order chi connectivity index (χ1) is 8.24. The van der Waals surface area contributed by atoms with Crippen molar-refractivity contribution in [1.29, 1.82) is 0 Å². The summed E-state index contributed by atoms with van der Waals surface area (Å²) in [7, 11) is 0. The average molecular weight is 255 g/mol. The first-order valence-electron chi connectivity index (χ1n) is 6.32. The van der Waals surface area contributed by atoms with E-state index in [-0.39, 0.29) is 0 Å². The zero-order valence-electron chi connectivity index (χ0n) is 10.3. The lowest BCUT2D eigenvalue weighted by Gasteiger charge is -2.21. The second kappa shape index (κ2) is 6.31. The molecule has 1 aromatic rings. The van der Waals surface area contributed by atoms with Crippen molar-refractivity contribution in [3.05, 3.63) is 22.7 Å². The largest absolute Gasteiger partial charge is 0.373 e. The van der Waals surface area contributed by atoms with Crippen molar-refractivity contribution in [3.63, 3.8) is 0 Å². The highest BCUT2D eigenvalue weighted by molar-refractivity contribution is 6.29. The summed E-state index contributed by atoms with van der Waals surface area (Å²) < 4.78 is 5.69. The van der Waals surface area contributed by atoms with Crippen LogP contribution >= 0.6 is 11.6 Å². The molecule has 0 radical (unpaired) electrons. The van der Waals surface area contributed by atoms with Crippen LogP contribution in [0.3, 0.4) is 0 Å². The fourth-order valence-electron chi connectivity index (χ4n) is 2.32. The summed E-state index contributed by atoms with van der Waals surface area (Å²) in [5, 5.41) is 0.494. The molecule has 94 valence electrons. The summed E-state index contributed by atoms with van der Waals surface area (Å²) in [6.07, 6.45) is 6.68. The van der Waals surface area contributed by atoms with Gasteiger partial charge >= 0.3 is 0 Å². The number of aryl methyl sites for hydroxylation is 1. The van der Waals surface area contributed by atoms with Crippen molar-refractivity contribution in [2.75, 3.05) is 6.61 Å². The third-order valence-electron chi connectivity index (χ3n) is 3.18. The molecule has 1 aromatic heterocycles. The third kappa shape index (κ3) is 4.25. The lowest BCUT2D eigenvalue weighted by atomic mass is 9.90. The van der Waals surface area contributed by atoms with E-state index in [1.54, 1.807) is 6.07 Å². The predicted octanol–water partition coefficient (Wildman–Crippen LogP) is 3.54. The van der Waals surface area contributed by atoms with Gasteiger partial charge in [0.2, 0.25) is 0 Å². The van der Waals surface area contributed by atoms with Crippen molar-refractivity contribution in [2.24, 2.45) is 5.92 Å². The molecule has 1 aliphatic carbocycles. The van der Waals surface area contributed by atoms with Crippen LogP contribution in [0, 0.1) is 12.8 Å². The van der Waals surface area contributed by atoms with E-state index < -0.39 is 0 Å². The predicted molar refractivity (Wildman–Crippen MR) is 68.0 cm³/mol. The highest BCUT2D eigenvalue weighted by Gasteiger charge is 2.13. The van der Waals surface area contributed by atoms with Crippen LogP contribution in [0.2, 0.25) is 5.15 Å². The molecular weight excluding hydrogens is 236 g/mol. The fourth-order valence-corrected chi connectivity index (χ4v) is 2.58. The van der Waals surface area contributed by atoms with Crippen LogP contribution in [-0.4, -0.2) is 16.6 Å². The number of halogens is 1. The highest BCUT2D eigenvalue weighted by Crippen LogP contribution is 2.23. The zero-order chi connectivity index (χ0) is 12.1. The topological polar surface area (TPSA) is 35.0 Å². The minimum absolute atomic E-state index is 0.470. The van der Waals surface area contributed by atoms with E-state index >= 15 is 0 Å². The van der Waals surface area contributed by atoms with Gasteiger partial charge in [0.1, 0.15) is 11.8 Å². The average Bonchev–Trinajstić information content (AvgIpc) is 2.29. The van der Waals surface area contributed by atoms with E-state index in [0.29, 0.717) is 17.6 Å². The van der Waals surface area contributed by atoms with Gasteiger partial charge in [0, 0.05) is 12.3 Å². The van der Waals surface area contributed by atoms with Gasteiger partial charge in [-0.1, -0.05) is 30.9 Å². The summed E-state index contributed by atoms with van der Waals surface area (Å²) in [5.74, 6) is 1.41. The Morgan fingerprint density at radius 1 is 1.29 bits per heavy atom. The van der Waals surface area contributed by atoms with E-state index in [1.807, 2.05) is 6.92 Å². The van der Waals surface area contributed by atoms with Crippen molar-refractivity contribution in [1.82, 2.24) is 9.97 Å². The van der Waals surface area contributed by atoms with Gasteiger partial charge in [-0.2, -0.15) is 0 Å².